The van der Waals surface area contributed by atoms with Crippen molar-refractivity contribution in [1.82, 2.24) is 19.7 Å². The smallest absolute Gasteiger partial charge is 0.227 e. The number of aliphatic hydroxyl groups is 1. The van der Waals surface area contributed by atoms with Crippen LogP contribution in [0.5, 0.6) is 0 Å². The van der Waals surface area contributed by atoms with Crippen LogP contribution in [-0.4, -0.2) is 57.8 Å². The second kappa shape index (κ2) is 8.97. The first-order chi connectivity index (χ1) is 15.7. The summed E-state index contributed by atoms with van der Waals surface area (Å²) in [6.45, 7) is 5.28. The second-order valence-corrected chi connectivity index (χ2v) is 7.77. The quantitative estimate of drug-likeness (QED) is 0.458. The Balaban J connectivity index is 1.66. The van der Waals surface area contributed by atoms with E-state index in [-0.39, 0.29) is 6.61 Å². The lowest BCUT2D eigenvalue weighted by Crippen LogP contribution is -2.37. The number of aromatic nitrogens is 4. The molecule has 0 radical (unpaired) electrons. The molecule has 0 atom stereocenters. The van der Waals surface area contributed by atoms with Crippen LogP contribution in [0, 0.1) is 6.92 Å². The normalized spacial score (nSPS) is 14.2. The number of aliphatic hydroxyl groups excluding tert-OH is 1. The molecule has 0 amide bonds. The Morgan fingerprint density at radius 1 is 1.09 bits per heavy atom. The van der Waals surface area contributed by atoms with Gasteiger partial charge in [-0.15, -0.1) is 0 Å². The number of nitrogens with zero attached hydrogens (tertiary/aromatic N) is 5. The maximum absolute atomic E-state index is 9.69. The number of nitrogens with one attached hydrogen (secondary N) is 1. The minimum atomic E-state index is 0.00105. The first-order valence-electron chi connectivity index (χ1n) is 10.8. The molecule has 5 rings (SSSR count). The molecule has 166 valence electrons. The molecular formula is C23H26N6O3. The van der Waals surface area contributed by atoms with Crippen LogP contribution >= 0.6 is 0 Å². The third-order valence-corrected chi connectivity index (χ3v) is 5.52. The van der Waals surface area contributed by atoms with Crippen molar-refractivity contribution in [2.24, 2.45) is 0 Å². The lowest BCUT2D eigenvalue weighted by molar-refractivity contribution is 0.122. The molecule has 4 heterocycles. The Bertz CT molecular complexity index is 1180. The Kier molecular flexibility index (Phi) is 5.74. The number of hydrogen-bond acceptors (Lipinski definition) is 8. The Morgan fingerprint density at radius 3 is 2.62 bits per heavy atom. The van der Waals surface area contributed by atoms with E-state index in [4.69, 9.17) is 24.2 Å². The molecule has 32 heavy (non-hydrogen) atoms. The molecule has 1 aromatic carbocycles. The number of aryl methyl sites for hydroxylation is 1. The summed E-state index contributed by atoms with van der Waals surface area (Å²) in [5.41, 5.74) is 3.57. The van der Waals surface area contributed by atoms with Gasteiger partial charge in [0.05, 0.1) is 42.8 Å². The third-order valence-electron chi connectivity index (χ3n) is 5.52. The molecule has 0 saturated carbocycles. The molecule has 1 saturated heterocycles. The average molecular weight is 435 g/mol. The van der Waals surface area contributed by atoms with E-state index in [1.807, 2.05) is 28.9 Å². The van der Waals surface area contributed by atoms with Gasteiger partial charge in [-0.3, -0.25) is 0 Å². The fourth-order valence-corrected chi connectivity index (χ4v) is 3.88. The molecular weight excluding hydrogens is 408 g/mol. The highest BCUT2D eigenvalue weighted by Gasteiger charge is 2.24. The van der Waals surface area contributed by atoms with Crippen LogP contribution in [0.25, 0.3) is 16.7 Å². The second-order valence-electron chi connectivity index (χ2n) is 7.77. The monoisotopic (exact) mass is 434 g/mol. The van der Waals surface area contributed by atoms with Gasteiger partial charge >= 0.3 is 0 Å². The van der Waals surface area contributed by atoms with Gasteiger partial charge in [0.25, 0.3) is 0 Å². The molecule has 1 aliphatic rings. The van der Waals surface area contributed by atoms with Crippen molar-refractivity contribution in [3.63, 3.8) is 0 Å². The molecule has 4 aromatic rings. The lowest BCUT2D eigenvalue weighted by Gasteiger charge is -2.28. The molecule has 1 aliphatic heterocycles. The van der Waals surface area contributed by atoms with Crippen LogP contribution < -0.4 is 10.2 Å². The van der Waals surface area contributed by atoms with E-state index in [1.165, 1.54) is 5.56 Å². The molecule has 0 aliphatic carbocycles. The first-order valence-corrected chi connectivity index (χ1v) is 10.8. The van der Waals surface area contributed by atoms with Gasteiger partial charge in [-0.1, -0.05) is 17.7 Å². The molecule has 3 aromatic heterocycles. The SMILES string of the molecule is Cc1ccc(-n2nc(CCO)c3c(N4CCOCC4)nc(NCc4ccco4)nc32)cc1. The van der Waals surface area contributed by atoms with E-state index < -0.39 is 0 Å². The summed E-state index contributed by atoms with van der Waals surface area (Å²) in [6.07, 6.45) is 2.07. The minimum absolute atomic E-state index is 0.00105. The summed E-state index contributed by atoms with van der Waals surface area (Å²) >= 11 is 0. The van der Waals surface area contributed by atoms with Gasteiger partial charge in [-0.25, -0.2) is 4.68 Å². The number of benzene rings is 1. The first kappa shape index (κ1) is 20.5. The van der Waals surface area contributed by atoms with Gasteiger partial charge < -0.3 is 24.5 Å². The Labute approximate surface area is 185 Å². The van der Waals surface area contributed by atoms with Crippen LogP contribution in [0.3, 0.4) is 0 Å². The van der Waals surface area contributed by atoms with E-state index in [9.17, 15) is 5.11 Å². The maximum atomic E-state index is 9.69. The summed E-state index contributed by atoms with van der Waals surface area (Å²) in [5, 5.41) is 18.7. The summed E-state index contributed by atoms with van der Waals surface area (Å²) in [4.78, 5) is 11.9. The van der Waals surface area contributed by atoms with Crippen LogP contribution in [-0.2, 0) is 17.7 Å². The predicted molar refractivity (Wildman–Crippen MR) is 121 cm³/mol. The van der Waals surface area contributed by atoms with Crippen LogP contribution in [0.4, 0.5) is 11.8 Å². The maximum Gasteiger partial charge on any atom is 0.227 e. The molecule has 0 unspecified atom stereocenters. The molecule has 9 nitrogen and oxygen atoms in total. The van der Waals surface area contributed by atoms with E-state index in [2.05, 4.69) is 29.3 Å². The number of hydrogen-bond donors (Lipinski definition) is 2. The van der Waals surface area contributed by atoms with Gasteiger partial charge in [0.15, 0.2) is 5.65 Å². The number of rotatable bonds is 7. The average Bonchev–Trinajstić information content (AvgIpc) is 3.47. The zero-order valence-corrected chi connectivity index (χ0v) is 18.0. The fourth-order valence-electron chi connectivity index (χ4n) is 3.88. The van der Waals surface area contributed by atoms with Crippen molar-refractivity contribution >= 4 is 22.8 Å². The predicted octanol–water partition coefficient (Wildman–Crippen LogP) is 2.70. The summed E-state index contributed by atoms with van der Waals surface area (Å²) in [7, 11) is 0. The van der Waals surface area contributed by atoms with Gasteiger partial charge in [-0.2, -0.15) is 15.1 Å². The lowest BCUT2D eigenvalue weighted by atomic mass is 10.2. The van der Waals surface area contributed by atoms with E-state index in [0.29, 0.717) is 37.8 Å². The number of anilines is 2. The van der Waals surface area contributed by atoms with Crippen LogP contribution in [0.15, 0.2) is 47.1 Å². The number of morpholine rings is 1. The van der Waals surface area contributed by atoms with E-state index >= 15 is 0 Å². The highest BCUT2D eigenvalue weighted by Crippen LogP contribution is 2.31. The summed E-state index contributed by atoms with van der Waals surface area (Å²) in [6, 6.07) is 11.9. The van der Waals surface area contributed by atoms with Gasteiger partial charge in [-0.05, 0) is 31.2 Å². The standard InChI is InChI=1S/C23H26N6O3/c1-16-4-6-17(7-5-16)29-22-20(19(27-29)8-11-30)21(28-9-13-31-14-10-28)25-23(26-22)24-15-18-3-2-12-32-18/h2-7,12,30H,8-11,13-15H2,1H3,(H,24,25,26). The van der Waals surface area contributed by atoms with Crippen LogP contribution in [0.2, 0.25) is 0 Å². The fraction of sp³-hybridized carbons (Fsp3) is 0.348. The van der Waals surface area contributed by atoms with Gasteiger partial charge in [0, 0.05) is 26.1 Å². The summed E-state index contributed by atoms with van der Waals surface area (Å²) < 4.78 is 12.8. The highest BCUT2D eigenvalue weighted by atomic mass is 16.5. The zero-order chi connectivity index (χ0) is 21.9. The van der Waals surface area contributed by atoms with E-state index in [1.54, 1.807) is 6.26 Å². The van der Waals surface area contributed by atoms with Crippen molar-refractivity contribution in [3.05, 3.63) is 59.7 Å². The minimum Gasteiger partial charge on any atom is -0.467 e. The summed E-state index contributed by atoms with van der Waals surface area (Å²) in [5.74, 6) is 2.11. The van der Waals surface area contributed by atoms with Crippen LogP contribution in [0.1, 0.15) is 17.0 Å². The van der Waals surface area contributed by atoms with Crippen molar-refractivity contribution in [2.45, 2.75) is 19.9 Å². The molecule has 2 N–H and O–H groups in total. The molecule has 1 fully saturated rings. The van der Waals surface area contributed by atoms with Gasteiger partial charge in [0.2, 0.25) is 5.95 Å². The molecule has 0 spiro atoms. The highest BCUT2D eigenvalue weighted by molar-refractivity contribution is 5.92. The van der Waals surface area contributed by atoms with Crippen molar-refractivity contribution in [1.29, 1.82) is 0 Å². The van der Waals surface area contributed by atoms with Gasteiger partial charge in [0.1, 0.15) is 11.6 Å². The van der Waals surface area contributed by atoms with Crippen molar-refractivity contribution in [2.75, 3.05) is 43.1 Å². The topological polar surface area (TPSA) is 101 Å². The number of fused-ring (bicyclic) bond motifs is 1. The van der Waals surface area contributed by atoms with E-state index in [0.717, 1.165) is 41.4 Å². The number of ether oxygens (including phenoxy) is 1. The van der Waals surface area contributed by atoms with Crippen molar-refractivity contribution in [3.8, 4) is 5.69 Å². The third kappa shape index (κ3) is 4.04. The largest absolute Gasteiger partial charge is 0.467 e. The molecule has 9 heteroatoms. The Hall–Kier alpha value is -3.43. The molecule has 0 bridgehead atoms. The Morgan fingerprint density at radius 2 is 1.91 bits per heavy atom. The number of furan rings is 1. The zero-order valence-electron chi connectivity index (χ0n) is 18.0. The van der Waals surface area contributed by atoms with Crippen molar-refractivity contribution < 1.29 is 14.3 Å².